The smallest absolute Gasteiger partial charge is 0.194 e. The number of fused-ring (bicyclic) bond motifs is 1. The van der Waals surface area contributed by atoms with Crippen molar-refractivity contribution in [3.8, 4) is 0 Å². The molecule has 0 aliphatic heterocycles. The summed E-state index contributed by atoms with van der Waals surface area (Å²) in [4.78, 5) is 5.77. The molecule has 0 aliphatic rings. The van der Waals surface area contributed by atoms with Crippen molar-refractivity contribution in [3.05, 3.63) is 17.3 Å². The van der Waals surface area contributed by atoms with Crippen LogP contribution < -0.4 is 5.32 Å². The third-order valence-corrected chi connectivity index (χ3v) is 4.28. The summed E-state index contributed by atoms with van der Waals surface area (Å²) < 4.78 is 2.20. The topological polar surface area (TPSA) is 29.3 Å². The van der Waals surface area contributed by atoms with Crippen molar-refractivity contribution in [1.29, 1.82) is 0 Å². The van der Waals surface area contributed by atoms with Crippen LogP contribution in [0.25, 0.3) is 4.96 Å². The van der Waals surface area contributed by atoms with E-state index in [0.717, 1.165) is 23.8 Å². The van der Waals surface area contributed by atoms with Gasteiger partial charge in [0.2, 0.25) is 0 Å². The van der Waals surface area contributed by atoms with Crippen molar-refractivity contribution in [2.75, 3.05) is 12.3 Å². The van der Waals surface area contributed by atoms with Crippen LogP contribution in [0, 0.1) is 0 Å². The Morgan fingerprint density at radius 3 is 3.12 bits per heavy atom. The van der Waals surface area contributed by atoms with Crippen LogP contribution in [0.2, 0.25) is 0 Å². The van der Waals surface area contributed by atoms with Crippen LogP contribution in [0.15, 0.2) is 16.6 Å². The first-order valence-corrected chi connectivity index (χ1v) is 7.51. The second-order valence-electron chi connectivity index (χ2n) is 3.55. The standard InChI is InChI=1S/C11H17N3S2/c1-3-6-15-10-9(8-12-4-2)14-5-7-16-11(14)13-10/h5,7,12H,3-4,6,8H2,1-2H3. The van der Waals surface area contributed by atoms with Crippen LogP contribution in [0.3, 0.4) is 0 Å². The van der Waals surface area contributed by atoms with Gasteiger partial charge in [-0.2, -0.15) is 0 Å². The van der Waals surface area contributed by atoms with Gasteiger partial charge in [0.15, 0.2) is 4.96 Å². The molecule has 5 heteroatoms. The van der Waals surface area contributed by atoms with Gasteiger partial charge >= 0.3 is 0 Å². The van der Waals surface area contributed by atoms with E-state index in [0.29, 0.717) is 0 Å². The van der Waals surface area contributed by atoms with Crippen LogP contribution in [0.1, 0.15) is 26.0 Å². The maximum atomic E-state index is 4.67. The molecule has 0 unspecified atom stereocenters. The van der Waals surface area contributed by atoms with Crippen LogP contribution in [0.5, 0.6) is 0 Å². The Hall–Kier alpha value is -0.520. The minimum absolute atomic E-state index is 0.903. The average Bonchev–Trinajstić information content (AvgIpc) is 2.84. The molecule has 0 fully saturated rings. The molecule has 16 heavy (non-hydrogen) atoms. The zero-order valence-electron chi connectivity index (χ0n) is 9.69. The van der Waals surface area contributed by atoms with Crippen molar-refractivity contribution in [2.24, 2.45) is 0 Å². The lowest BCUT2D eigenvalue weighted by atomic mass is 10.4. The number of thioether (sulfide) groups is 1. The van der Waals surface area contributed by atoms with E-state index in [9.17, 15) is 0 Å². The SMILES string of the molecule is CCCSc1nc2sccn2c1CNCC. The lowest BCUT2D eigenvalue weighted by Gasteiger charge is -2.03. The molecule has 1 N–H and O–H groups in total. The number of aromatic nitrogens is 2. The first-order chi connectivity index (χ1) is 7.86. The molecular formula is C11H17N3S2. The number of imidazole rings is 1. The van der Waals surface area contributed by atoms with E-state index in [-0.39, 0.29) is 0 Å². The predicted octanol–water partition coefficient (Wildman–Crippen LogP) is 3.01. The lowest BCUT2D eigenvalue weighted by Crippen LogP contribution is -2.13. The second kappa shape index (κ2) is 5.70. The summed E-state index contributed by atoms with van der Waals surface area (Å²) in [6, 6.07) is 0. The Morgan fingerprint density at radius 1 is 1.50 bits per heavy atom. The summed E-state index contributed by atoms with van der Waals surface area (Å²) in [6.45, 7) is 6.23. The van der Waals surface area contributed by atoms with E-state index in [1.54, 1.807) is 11.3 Å². The third kappa shape index (κ3) is 2.42. The van der Waals surface area contributed by atoms with Gasteiger partial charge in [0.1, 0.15) is 5.03 Å². The molecule has 0 saturated carbocycles. The molecule has 0 aliphatic carbocycles. The number of rotatable bonds is 6. The molecule has 0 saturated heterocycles. The molecule has 3 nitrogen and oxygen atoms in total. The Balaban J connectivity index is 2.26. The van der Waals surface area contributed by atoms with Gasteiger partial charge in [-0.15, -0.1) is 23.1 Å². The fourth-order valence-electron chi connectivity index (χ4n) is 1.53. The van der Waals surface area contributed by atoms with Gasteiger partial charge in [0.25, 0.3) is 0 Å². The Bertz CT molecular complexity index is 447. The van der Waals surface area contributed by atoms with Gasteiger partial charge < -0.3 is 5.32 Å². The number of hydrogen-bond acceptors (Lipinski definition) is 4. The van der Waals surface area contributed by atoms with Crippen LogP contribution in [-0.4, -0.2) is 21.7 Å². The summed E-state index contributed by atoms with van der Waals surface area (Å²) in [5.74, 6) is 1.14. The van der Waals surface area contributed by atoms with Gasteiger partial charge in [0, 0.05) is 18.1 Å². The van der Waals surface area contributed by atoms with Gasteiger partial charge in [0.05, 0.1) is 5.69 Å². The second-order valence-corrected chi connectivity index (χ2v) is 5.50. The highest BCUT2D eigenvalue weighted by atomic mass is 32.2. The van der Waals surface area contributed by atoms with Crippen LogP contribution in [0.4, 0.5) is 0 Å². The highest BCUT2D eigenvalue weighted by molar-refractivity contribution is 7.99. The van der Waals surface area contributed by atoms with Crippen molar-refractivity contribution in [3.63, 3.8) is 0 Å². The largest absolute Gasteiger partial charge is 0.311 e. The molecule has 0 amide bonds. The molecule has 2 heterocycles. The third-order valence-electron chi connectivity index (χ3n) is 2.31. The number of nitrogens with one attached hydrogen (secondary N) is 1. The zero-order valence-corrected chi connectivity index (χ0v) is 11.3. The number of hydrogen-bond donors (Lipinski definition) is 1. The molecule has 88 valence electrons. The normalized spacial score (nSPS) is 11.4. The van der Waals surface area contributed by atoms with E-state index in [4.69, 9.17) is 0 Å². The van der Waals surface area contributed by atoms with E-state index < -0.39 is 0 Å². The van der Waals surface area contributed by atoms with Gasteiger partial charge in [-0.1, -0.05) is 13.8 Å². The fourth-order valence-corrected chi connectivity index (χ4v) is 3.21. The molecule has 0 bridgehead atoms. The van der Waals surface area contributed by atoms with Gasteiger partial charge in [-0.3, -0.25) is 4.40 Å². The van der Waals surface area contributed by atoms with Crippen LogP contribution >= 0.6 is 23.1 Å². The van der Waals surface area contributed by atoms with Crippen molar-refractivity contribution >= 4 is 28.1 Å². The summed E-state index contributed by atoms with van der Waals surface area (Å²) in [5.41, 5.74) is 1.30. The summed E-state index contributed by atoms with van der Waals surface area (Å²) in [7, 11) is 0. The molecule has 2 rings (SSSR count). The maximum Gasteiger partial charge on any atom is 0.194 e. The summed E-state index contributed by atoms with van der Waals surface area (Å²) in [5, 5.41) is 6.66. The zero-order chi connectivity index (χ0) is 11.4. The van der Waals surface area contributed by atoms with Crippen molar-refractivity contribution in [1.82, 2.24) is 14.7 Å². The Labute approximate surface area is 104 Å². The quantitative estimate of drug-likeness (QED) is 0.805. The minimum Gasteiger partial charge on any atom is -0.311 e. The molecule has 0 radical (unpaired) electrons. The maximum absolute atomic E-state index is 4.67. The van der Waals surface area contributed by atoms with E-state index >= 15 is 0 Å². The molecule has 0 spiro atoms. The van der Waals surface area contributed by atoms with E-state index in [2.05, 4.69) is 40.1 Å². The summed E-state index contributed by atoms with van der Waals surface area (Å²) >= 11 is 3.56. The van der Waals surface area contributed by atoms with Crippen LogP contribution in [-0.2, 0) is 6.54 Å². The summed E-state index contributed by atoms with van der Waals surface area (Å²) in [6.07, 6.45) is 3.30. The van der Waals surface area contributed by atoms with E-state index in [1.165, 1.54) is 17.1 Å². The first-order valence-electron chi connectivity index (χ1n) is 5.64. The van der Waals surface area contributed by atoms with E-state index in [1.807, 2.05) is 11.8 Å². The lowest BCUT2D eigenvalue weighted by molar-refractivity contribution is 0.694. The Kier molecular flexibility index (Phi) is 4.26. The van der Waals surface area contributed by atoms with Crippen molar-refractivity contribution < 1.29 is 0 Å². The number of thiazole rings is 1. The fraction of sp³-hybridized carbons (Fsp3) is 0.545. The minimum atomic E-state index is 0.903. The highest BCUT2D eigenvalue weighted by Crippen LogP contribution is 2.26. The first kappa shape index (κ1) is 12.0. The molecule has 2 aromatic heterocycles. The monoisotopic (exact) mass is 255 g/mol. The Morgan fingerprint density at radius 2 is 2.38 bits per heavy atom. The molecule has 0 atom stereocenters. The van der Waals surface area contributed by atoms with Gasteiger partial charge in [-0.25, -0.2) is 4.98 Å². The number of nitrogens with zero attached hydrogens (tertiary/aromatic N) is 2. The molecule has 2 aromatic rings. The highest BCUT2D eigenvalue weighted by Gasteiger charge is 2.12. The van der Waals surface area contributed by atoms with Gasteiger partial charge in [-0.05, 0) is 18.7 Å². The van der Waals surface area contributed by atoms with Crippen molar-refractivity contribution in [2.45, 2.75) is 31.8 Å². The molecular weight excluding hydrogens is 238 g/mol. The predicted molar refractivity (Wildman–Crippen MR) is 71.5 cm³/mol. The average molecular weight is 255 g/mol. The molecule has 0 aromatic carbocycles.